The summed E-state index contributed by atoms with van der Waals surface area (Å²) in [6, 6.07) is 7.99. The van der Waals surface area contributed by atoms with Crippen molar-refractivity contribution in [2.75, 3.05) is 0 Å². The van der Waals surface area contributed by atoms with Gasteiger partial charge in [-0.3, -0.25) is 9.59 Å². The molecule has 0 spiro atoms. The van der Waals surface area contributed by atoms with Crippen LogP contribution in [0.3, 0.4) is 0 Å². The molecule has 0 fully saturated rings. The van der Waals surface area contributed by atoms with E-state index in [-0.39, 0.29) is 24.2 Å². The van der Waals surface area contributed by atoms with Crippen LogP contribution in [0.1, 0.15) is 50.7 Å². The van der Waals surface area contributed by atoms with E-state index < -0.39 is 11.5 Å². The van der Waals surface area contributed by atoms with Crippen molar-refractivity contribution in [2.24, 2.45) is 5.92 Å². The van der Waals surface area contributed by atoms with Crippen LogP contribution in [0.2, 0.25) is 0 Å². The van der Waals surface area contributed by atoms with E-state index in [1.165, 1.54) is 5.56 Å². The molecule has 1 amide bonds. The normalized spacial score (nSPS) is 19.9. The molecule has 1 aliphatic carbocycles. The highest BCUT2D eigenvalue weighted by atomic mass is 16.4. The lowest BCUT2D eigenvalue weighted by Crippen LogP contribution is -2.52. The Morgan fingerprint density at radius 2 is 2.05 bits per heavy atom. The molecule has 1 aliphatic rings. The number of carboxylic acid groups (broad SMARTS) is 1. The third kappa shape index (κ3) is 3.26. The predicted molar refractivity (Wildman–Crippen MR) is 81.1 cm³/mol. The van der Waals surface area contributed by atoms with E-state index in [2.05, 4.69) is 11.4 Å². The number of amides is 1. The Morgan fingerprint density at radius 1 is 1.38 bits per heavy atom. The minimum Gasteiger partial charge on any atom is -0.481 e. The van der Waals surface area contributed by atoms with Crippen LogP contribution in [0, 0.1) is 5.92 Å². The van der Waals surface area contributed by atoms with Gasteiger partial charge in [-0.15, -0.1) is 0 Å². The number of benzene rings is 1. The van der Waals surface area contributed by atoms with Gasteiger partial charge in [0, 0.05) is 5.54 Å². The molecule has 2 N–H and O–H groups in total. The van der Waals surface area contributed by atoms with Crippen LogP contribution >= 0.6 is 0 Å². The molecule has 0 saturated heterocycles. The van der Waals surface area contributed by atoms with E-state index in [4.69, 9.17) is 5.11 Å². The van der Waals surface area contributed by atoms with Gasteiger partial charge in [0.05, 0.1) is 12.3 Å². The first-order valence-corrected chi connectivity index (χ1v) is 7.45. The summed E-state index contributed by atoms with van der Waals surface area (Å²) >= 11 is 0. The van der Waals surface area contributed by atoms with E-state index in [0.29, 0.717) is 0 Å². The average molecular weight is 289 g/mol. The SMILES string of the molecule is CC(C)C(C)(CC(=O)O)NC(=O)C1CCc2ccccc21. The Balaban J connectivity index is 2.16. The molecular formula is C17H23NO3. The van der Waals surface area contributed by atoms with E-state index in [1.54, 1.807) is 0 Å². The molecule has 0 radical (unpaired) electrons. The van der Waals surface area contributed by atoms with Gasteiger partial charge >= 0.3 is 5.97 Å². The minimum atomic E-state index is -0.890. The van der Waals surface area contributed by atoms with Gasteiger partial charge in [-0.05, 0) is 36.8 Å². The predicted octanol–water partition coefficient (Wildman–Crippen LogP) is 2.72. The molecule has 1 aromatic carbocycles. The summed E-state index contributed by atoms with van der Waals surface area (Å²) in [5, 5.41) is 12.1. The van der Waals surface area contributed by atoms with Gasteiger partial charge in [-0.1, -0.05) is 38.1 Å². The zero-order chi connectivity index (χ0) is 15.6. The van der Waals surface area contributed by atoms with E-state index in [0.717, 1.165) is 18.4 Å². The monoisotopic (exact) mass is 289 g/mol. The molecule has 0 bridgehead atoms. The van der Waals surface area contributed by atoms with Gasteiger partial charge < -0.3 is 10.4 Å². The van der Waals surface area contributed by atoms with Crippen molar-refractivity contribution in [2.45, 2.75) is 51.5 Å². The maximum atomic E-state index is 12.6. The van der Waals surface area contributed by atoms with Crippen molar-refractivity contribution in [1.82, 2.24) is 5.32 Å². The Morgan fingerprint density at radius 3 is 2.67 bits per heavy atom. The Hall–Kier alpha value is -1.84. The fourth-order valence-corrected chi connectivity index (χ4v) is 2.90. The van der Waals surface area contributed by atoms with E-state index >= 15 is 0 Å². The van der Waals surface area contributed by atoms with Crippen LogP contribution in [0.4, 0.5) is 0 Å². The fourth-order valence-electron chi connectivity index (χ4n) is 2.90. The largest absolute Gasteiger partial charge is 0.481 e. The molecule has 0 heterocycles. The smallest absolute Gasteiger partial charge is 0.305 e. The summed E-state index contributed by atoms with van der Waals surface area (Å²) in [7, 11) is 0. The first kappa shape index (κ1) is 15.5. The fraction of sp³-hybridized carbons (Fsp3) is 0.529. The van der Waals surface area contributed by atoms with Crippen molar-refractivity contribution < 1.29 is 14.7 Å². The highest BCUT2D eigenvalue weighted by Gasteiger charge is 2.36. The summed E-state index contributed by atoms with van der Waals surface area (Å²) in [4.78, 5) is 23.7. The summed E-state index contributed by atoms with van der Waals surface area (Å²) in [5.41, 5.74) is 1.58. The first-order chi connectivity index (χ1) is 9.83. The van der Waals surface area contributed by atoms with Crippen LogP contribution < -0.4 is 5.32 Å². The minimum absolute atomic E-state index is 0.0502. The van der Waals surface area contributed by atoms with Crippen LogP contribution in [-0.4, -0.2) is 22.5 Å². The lowest BCUT2D eigenvalue weighted by Gasteiger charge is -2.34. The van der Waals surface area contributed by atoms with Crippen molar-refractivity contribution >= 4 is 11.9 Å². The average Bonchev–Trinajstić information content (AvgIpc) is 2.81. The molecular weight excluding hydrogens is 266 g/mol. The zero-order valence-corrected chi connectivity index (χ0v) is 12.8. The summed E-state index contributed by atoms with van der Waals surface area (Å²) < 4.78 is 0. The maximum absolute atomic E-state index is 12.6. The quantitative estimate of drug-likeness (QED) is 0.876. The van der Waals surface area contributed by atoms with Crippen molar-refractivity contribution in [3.8, 4) is 0 Å². The molecule has 2 rings (SSSR count). The number of nitrogens with one attached hydrogen (secondary N) is 1. The van der Waals surface area contributed by atoms with Crippen LogP contribution in [-0.2, 0) is 16.0 Å². The lowest BCUT2D eigenvalue weighted by atomic mass is 9.84. The van der Waals surface area contributed by atoms with E-state index in [9.17, 15) is 9.59 Å². The molecule has 0 saturated carbocycles. The van der Waals surface area contributed by atoms with Crippen molar-refractivity contribution in [1.29, 1.82) is 0 Å². The van der Waals surface area contributed by atoms with Gasteiger partial charge in [0.15, 0.2) is 0 Å². The zero-order valence-electron chi connectivity index (χ0n) is 12.8. The molecule has 21 heavy (non-hydrogen) atoms. The topological polar surface area (TPSA) is 66.4 Å². The Labute approximate surface area is 125 Å². The first-order valence-electron chi connectivity index (χ1n) is 7.45. The molecule has 114 valence electrons. The third-order valence-electron chi connectivity index (χ3n) is 4.65. The number of carbonyl (C=O) groups is 2. The highest BCUT2D eigenvalue weighted by molar-refractivity contribution is 5.86. The number of hydrogen-bond donors (Lipinski definition) is 2. The van der Waals surface area contributed by atoms with Gasteiger partial charge in [0.2, 0.25) is 5.91 Å². The second kappa shape index (κ2) is 5.88. The molecule has 0 aliphatic heterocycles. The van der Waals surface area contributed by atoms with Gasteiger partial charge in [0.1, 0.15) is 0 Å². The molecule has 4 nitrogen and oxygen atoms in total. The Kier molecular flexibility index (Phi) is 4.35. The molecule has 1 aromatic rings. The molecule has 2 unspecified atom stereocenters. The molecule has 2 atom stereocenters. The number of carbonyl (C=O) groups excluding carboxylic acids is 1. The molecule has 0 aromatic heterocycles. The summed E-state index contributed by atoms with van der Waals surface area (Å²) in [5.74, 6) is -1.06. The molecule has 4 heteroatoms. The van der Waals surface area contributed by atoms with Crippen molar-refractivity contribution in [3.05, 3.63) is 35.4 Å². The number of rotatable bonds is 5. The summed E-state index contributed by atoms with van der Waals surface area (Å²) in [6.45, 7) is 5.68. The highest BCUT2D eigenvalue weighted by Crippen LogP contribution is 2.34. The lowest BCUT2D eigenvalue weighted by molar-refractivity contribution is -0.139. The third-order valence-corrected chi connectivity index (χ3v) is 4.65. The van der Waals surface area contributed by atoms with Crippen LogP contribution in [0.15, 0.2) is 24.3 Å². The van der Waals surface area contributed by atoms with Gasteiger partial charge in [-0.2, -0.15) is 0 Å². The second-order valence-electron chi connectivity index (χ2n) is 6.42. The Bertz CT molecular complexity index is 553. The second-order valence-corrected chi connectivity index (χ2v) is 6.42. The number of fused-ring (bicyclic) bond motifs is 1. The van der Waals surface area contributed by atoms with E-state index in [1.807, 2.05) is 39.0 Å². The van der Waals surface area contributed by atoms with Gasteiger partial charge in [0.25, 0.3) is 0 Å². The van der Waals surface area contributed by atoms with Crippen molar-refractivity contribution in [3.63, 3.8) is 0 Å². The number of aryl methyl sites for hydroxylation is 1. The van der Waals surface area contributed by atoms with Gasteiger partial charge in [-0.25, -0.2) is 0 Å². The van der Waals surface area contributed by atoms with Crippen LogP contribution in [0.25, 0.3) is 0 Å². The number of aliphatic carboxylic acids is 1. The maximum Gasteiger partial charge on any atom is 0.305 e. The standard InChI is InChI=1S/C17H23NO3/c1-11(2)17(3,10-15(19)20)18-16(21)14-9-8-12-6-4-5-7-13(12)14/h4-7,11,14H,8-10H2,1-3H3,(H,18,21)(H,19,20). The number of hydrogen-bond acceptors (Lipinski definition) is 2. The van der Waals surface area contributed by atoms with Crippen LogP contribution in [0.5, 0.6) is 0 Å². The number of carboxylic acids is 1. The summed E-state index contributed by atoms with van der Waals surface area (Å²) in [6.07, 6.45) is 1.64.